The fourth-order valence-corrected chi connectivity index (χ4v) is 3.55. The predicted molar refractivity (Wildman–Crippen MR) is 125 cm³/mol. The second-order valence-electron chi connectivity index (χ2n) is 7.95. The van der Waals surface area contributed by atoms with Gasteiger partial charge in [-0.25, -0.2) is 18.5 Å². The average molecular weight is 545 g/mol. The van der Waals surface area contributed by atoms with Gasteiger partial charge in [0.15, 0.2) is 6.10 Å². The molecular weight excluding hydrogens is 524 g/mol. The lowest BCUT2D eigenvalue weighted by Gasteiger charge is -2.17. The van der Waals surface area contributed by atoms with Crippen LogP contribution in [0.2, 0.25) is 5.02 Å². The van der Waals surface area contributed by atoms with Crippen LogP contribution in [0.5, 0.6) is 11.5 Å². The molecule has 0 spiro atoms. The molecular formula is C24H21ClF4N2O6. The smallest absolute Gasteiger partial charge is 0.431 e. The van der Waals surface area contributed by atoms with Gasteiger partial charge in [-0.2, -0.15) is 13.2 Å². The third kappa shape index (κ3) is 5.96. The number of benzene rings is 2. The minimum Gasteiger partial charge on any atom is -0.487 e. The van der Waals surface area contributed by atoms with Crippen molar-refractivity contribution in [1.82, 2.24) is 9.13 Å². The van der Waals surface area contributed by atoms with Crippen LogP contribution in [-0.4, -0.2) is 28.3 Å². The van der Waals surface area contributed by atoms with E-state index in [-0.39, 0.29) is 32.6 Å². The van der Waals surface area contributed by atoms with Gasteiger partial charge in [-0.1, -0.05) is 23.7 Å². The number of carbonyl (C=O) groups is 1. The van der Waals surface area contributed by atoms with Crippen LogP contribution in [0.15, 0.2) is 46.0 Å². The van der Waals surface area contributed by atoms with Gasteiger partial charge in [-0.3, -0.25) is 9.36 Å². The third-order valence-electron chi connectivity index (χ3n) is 5.34. The summed E-state index contributed by atoms with van der Waals surface area (Å²) in [7, 11) is 2.04. The first kappa shape index (κ1) is 27.8. The minimum atomic E-state index is -4.97. The fraction of sp³-hybridized carbons (Fsp3) is 0.292. The van der Waals surface area contributed by atoms with E-state index in [4.69, 9.17) is 21.1 Å². The van der Waals surface area contributed by atoms with E-state index in [1.54, 1.807) is 25.1 Å². The molecule has 13 heteroatoms. The first-order valence-electron chi connectivity index (χ1n) is 10.6. The lowest BCUT2D eigenvalue weighted by molar-refractivity contribution is -0.148. The van der Waals surface area contributed by atoms with Crippen LogP contribution < -0.4 is 20.7 Å². The van der Waals surface area contributed by atoms with E-state index in [1.165, 1.54) is 14.0 Å². The number of nitrogens with zero attached hydrogens (tertiary/aromatic N) is 2. The monoisotopic (exact) mass is 544 g/mol. The Morgan fingerprint density at radius 3 is 2.41 bits per heavy atom. The maximum atomic E-state index is 14.7. The molecule has 0 amide bonds. The lowest BCUT2D eigenvalue weighted by Crippen LogP contribution is -2.41. The van der Waals surface area contributed by atoms with E-state index in [0.29, 0.717) is 11.3 Å². The lowest BCUT2D eigenvalue weighted by atomic mass is 10.1. The molecule has 0 fully saturated rings. The summed E-state index contributed by atoms with van der Waals surface area (Å²) in [5.74, 6) is -1.46. The summed E-state index contributed by atoms with van der Waals surface area (Å²) in [6.45, 7) is 3.14. The van der Waals surface area contributed by atoms with Crippen molar-refractivity contribution in [2.45, 2.75) is 32.7 Å². The molecule has 0 aliphatic heterocycles. The van der Waals surface area contributed by atoms with E-state index in [9.17, 15) is 31.9 Å². The molecule has 0 aliphatic carbocycles. The highest BCUT2D eigenvalue weighted by atomic mass is 35.5. The summed E-state index contributed by atoms with van der Waals surface area (Å²) in [4.78, 5) is 36.6. The quantitative estimate of drug-likeness (QED) is 0.328. The van der Waals surface area contributed by atoms with Crippen molar-refractivity contribution >= 4 is 17.6 Å². The molecule has 3 aromatic rings. The molecule has 37 heavy (non-hydrogen) atoms. The topological polar surface area (TPSA) is 88.8 Å². The Kier molecular flexibility index (Phi) is 8.01. The van der Waals surface area contributed by atoms with Crippen LogP contribution in [0.1, 0.15) is 23.7 Å². The fourth-order valence-electron chi connectivity index (χ4n) is 3.35. The Morgan fingerprint density at radius 1 is 1.11 bits per heavy atom. The number of hydrogen-bond acceptors (Lipinski definition) is 6. The molecule has 0 N–H and O–H groups in total. The van der Waals surface area contributed by atoms with Crippen LogP contribution in [0, 0.1) is 12.7 Å². The molecule has 1 atom stereocenters. The number of hydrogen-bond donors (Lipinski definition) is 0. The molecule has 0 bridgehead atoms. The molecule has 0 radical (unpaired) electrons. The number of aryl methyl sites for hydroxylation is 1. The van der Waals surface area contributed by atoms with Crippen molar-refractivity contribution in [3.05, 3.63) is 84.9 Å². The minimum absolute atomic E-state index is 0.131. The van der Waals surface area contributed by atoms with Crippen LogP contribution in [0.25, 0.3) is 5.69 Å². The van der Waals surface area contributed by atoms with Gasteiger partial charge >= 0.3 is 17.8 Å². The number of alkyl halides is 3. The molecule has 1 unspecified atom stereocenters. The van der Waals surface area contributed by atoms with Crippen molar-refractivity contribution in [3.8, 4) is 17.2 Å². The molecule has 2 aromatic carbocycles. The summed E-state index contributed by atoms with van der Waals surface area (Å²) < 4.78 is 70.4. The Morgan fingerprint density at radius 2 is 1.78 bits per heavy atom. The number of ether oxygens (including phenoxy) is 3. The summed E-state index contributed by atoms with van der Waals surface area (Å²) in [5.41, 5.74) is -3.64. The van der Waals surface area contributed by atoms with Crippen molar-refractivity contribution < 1.29 is 36.6 Å². The normalized spacial score (nSPS) is 12.2. The zero-order valence-corrected chi connectivity index (χ0v) is 20.7. The van der Waals surface area contributed by atoms with Gasteiger partial charge < -0.3 is 14.2 Å². The van der Waals surface area contributed by atoms with Gasteiger partial charge in [-0.15, -0.1) is 0 Å². The van der Waals surface area contributed by atoms with Gasteiger partial charge in [0, 0.05) is 19.2 Å². The first-order chi connectivity index (χ1) is 17.2. The van der Waals surface area contributed by atoms with Gasteiger partial charge in [0.05, 0.1) is 17.8 Å². The van der Waals surface area contributed by atoms with Crippen molar-refractivity contribution in [2.24, 2.45) is 7.05 Å². The maximum Gasteiger partial charge on any atom is 0.431 e. The SMILES string of the molecule is COC(=O)C(C)Oc1cc(COc2cc(-n3c(=O)cc(C(F)(F)F)n(C)c3=O)c(F)cc2Cl)ccc1C. The number of aromatic nitrogens is 2. The second-order valence-corrected chi connectivity index (χ2v) is 8.36. The average Bonchev–Trinajstić information content (AvgIpc) is 2.82. The summed E-state index contributed by atoms with van der Waals surface area (Å²) >= 11 is 6.07. The number of esters is 1. The van der Waals surface area contributed by atoms with Crippen molar-refractivity contribution in [3.63, 3.8) is 0 Å². The van der Waals surface area contributed by atoms with Gasteiger partial charge in [-0.05, 0) is 37.1 Å². The van der Waals surface area contributed by atoms with Gasteiger partial charge in [0.25, 0.3) is 5.56 Å². The van der Waals surface area contributed by atoms with Crippen LogP contribution in [0.4, 0.5) is 17.6 Å². The van der Waals surface area contributed by atoms with E-state index in [1.807, 2.05) is 0 Å². The molecule has 198 valence electrons. The number of rotatable bonds is 7. The molecule has 0 aliphatic rings. The van der Waals surface area contributed by atoms with E-state index < -0.39 is 46.7 Å². The zero-order valence-electron chi connectivity index (χ0n) is 20.0. The molecule has 3 rings (SSSR count). The van der Waals surface area contributed by atoms with Crippen molar-refractivity contribution in [2.75, 3.05) is 7.11 Å². The van der Waals surface area contributed by atoms with E-state index in [0.717, 1.165) is 24.7 Å². The van der Waals surface area contributed by atoms with Crippen molar-refractivity contribution in [1.29, 1.82) is 0 Å². The Balaban J connectivity index is 1.95. The summed E-state index contributed by atoms with van der Waals surface area (Å²) in [6, 6.07) is 6.92. The second kappa shape index (κ2) is 10.7. The zero-order chi connectivity index (χ0) is 27.7. The number of methoxy groups -OCH3 is 1. The van der Waals surface area contributed by atoms with Crippen LogP contribution >= 0.6 is 11.6 Å². The standard InChI is InChI=1S/C24H21ClF4N2O6/c1-12-5-6-14(7-18(12)37-13(2)22(33)35-4)11-36-19-9-17(16(26)8-15(19)25)31-21(32)10-20(24(27,28)29)30(3)23(31)34/h5-10,13H,11H2,1-4H3. The first-order valence-corrected chi connectivity index (χ1v) is 11.0. The van der Waals surface area contributed by atoms with Crippen LogP contribution in [-0.2, 0) is 29.4 Å². The Labute approximate surface area is 212 Å². The van der Waals surface area contributed by atoms with E-state index >= 15 is 0 Å². The highest BCUT2D eigenvalue weighted by Crippen LogP contribution is 2.31. The highest BCUT2D eigenvalue weighted by Gasteiger charge is 2.35. The van der Waals surface area contributed by atoms with Crippen LogP contribution in [0.3, 0.4) is 0 Å². The van der Waals surface area contributed by atoms with Gasteiger partial charge in [0.2, 0.25) is 0 Å². The third-order valence-corrected chi connectivity index (χ3v) is 5.63. The summed E-state index contributed by atoms with van der Waals surface area (Å²) in [6.07, 6.45) is -5.84. The predicted octanol–water partition coefficient (Wildman–Crippen LogP) is 4.18. The highest BCUT2D eigenvalue weighted by molar-refractivity contribution is 6.32. The maximum absolute atomic E-state index is 14.7. The Hall–Kier alpha value is -3.80. The van der Waals surface area contributed by atoms with Gasteiger partial charge in [0.1, 0.15) is 29.6 Å². The van der Waals surface area contributed by atoms with E-state index in [2.05, 4.69) is 4.74 Å². The molecule has 1 aromatic heterocycles. The number of carbonyl (C=O) groups excluding carboxylic acids is 1. The number of halogens is 5. The molecule has 8 nitrogen and oxygen atoms in total. The Bertz CT molecular complexity index is 1470. The molecule has 0 saturated heterocycles. The summed E-state index contributed by atoms with van der Waals surface area (Å²) in [5, 5.41) is -0.207. The molecule has 0 saturated carbocycles. The largest absolute Gasteiger partial charge is 0.487 e. The molecule has 1 heterocycles.